The van der Waals surface area contributed by atoms with Crippen molar-refractivity contribution in [2.24, 2.45) is 0 Å². The molecule has 5 nitrogen and oxygen atoms in total. The fraction of sp³-hybridized carbons (Fsp3) is 0.176. The second-order valence-electron chi connectivity index (χ2n) is 5.30. The fourth-order valence-corrected chi connectivity index (χ4v) is 2.51. The summed E-state index contributed by atoms with van der Waals surface area (Å²) < 4.78 is 45.8. The molecule has 2 heterocycles. The summed E-state index contributed by atoms with van der Waals surface area (Å²) in [6.45, 7) is 1.95. The third kappa shape index (κ3) is 3.02. The number of nitrogens with one attached hydrogen (secondary N) is 1. The van der Waals surface area contributed by atoms with E-state index in [-0.39, 0.29) is 29.4 Å². The maximum absolute atomic E-state index is 13.5. The summed E-state index contributed by atoms with van der Waals surface area (Å²) in [5.74, 6) is -1.06. The average molecular weight is 349 g/mol. The van der Waals surface area contributed by atoms with Crippen LogP contribution in [0, 0.1) is 0 Å². The summed E-state index contributed by atoms with van der Waals surface area (Å²) in [7, 11) is 0. The summed E-state index contributed by atoms with van der Waals surface area (Å²) in [5.41, 5.74) is 4.64. The number of hydrogen-bond acceptors (Lipinski definition) is 4. The zero-order chi connectivity index (χ0) is 18.2. The molecule has 0 unspecified atom stereocenters. The number of pyridine rings is 1. The number of alkyl halides is 3. The Hall–Kier alpha value is -3.03. The number of amides is 1. The van der Waals surface area contributed by atoms with Crippen LogP contribution in [0.25, 0.3) is 22.4 Å². The number of carbonyl (C=O) groups is 1. The number of nitrogen functional groups attached to an aromatic ring is 1. The quantitative estimate of drug-likeness (QED) is 0.753. The molecule has 3 aromatic rings. The number of carbonyl (C=O) groups excluding carboxylic acids is 1. The molecule has 3 N–H and O–H groups in total. The minimum absolute atomic E-state index is 0.0802. The lowest BCUT2D eigenvalue weighted by Gasteiger charge is -2.10. The lowest BCUT2D eigenvalue weighted by atomic mass is 10.1. The number of furan rings is 1. The summed E-state index contributed by atoms with van der Waals surface area (Å²) in [6, 6.07) is 9.28. The Kier molecular flexibility index (Phi) is 4.12. The number of fused-ring (bicyclic) bond motifs is 1. The first-order chi connectivity index (χ1) is 11.8. The molecule has 8 heteroatoms. The molecule has 0 aliphatic heterocycles. The second kappa shape index (κ2) is 6.12. The molecule has 25 heavy (non-hydrogen) atoms. The highest BCUT2D eigenvalue weighted by atomic mass is 19.4. The Bertz CT molecular complexity index is 934. The van der Waals surface area contributed by atoms with Gasteiger partial charge in [0, 0.05) is 12.1 Å². The molecule has 0 saturated heterocycles. The van der Waals surface area contributed by atoms with Crippen molar-refractivity contribution in [3.05, 3.63) is 47.7 Å². The van der Waals surface area contributed by atoms with Gasteiger partial charge in [-0.3, -0.25) is 4.79 Å². The van der Waals surface area contributed by atoms with Crippen LogP contribution in [0.1, 0.15) is 23.0 Å². The van der Waals surface area contributed by atoms with Gasteiger partial charge >= 0.3 is 6.18 Å². The van der Waals surface area contributed by atoms with E-state index in [0.717, 1.165) is 6.07 Å². The van der Waals surface area contributed by atoms with Crippen molar-refractivity contribution in [2.75, 3.05) is 12.3 Å². The Morgan fingerprint density at radius 1 is 1.28 bits per heavy atom. The summed E-state index contributed by atoms with van der Waals surface area (Å²) in [5, 5.41) is 2.04. The second-order valence-corrected chi connectivity index (χ2v) is 5.30. The highest BCUT2D eigenvalue weighted by molar-refractivity contribution is 6.06. The highest BCUT2D eigenvalue weighted by Gasteiger charge is 2.37. The number of nitrogens with zero attached hydrogens (tertiary/aromatic N) is 1. The van der Waals surface area contributed by atoms with Gasteiger partial charge in [0.15, 0.2) is 0 Å². The minimum atomic E-state index is -4.68. The summed E-state index contributed by atoms with van der Waals surface area (Å²) in [6.07, 6.45) is -4.68. The van der Waals surface area contributed by atoms with Crippen LogP contribution in [-0.4, -0.2) is 17.4 Å². The molecule has 2 aromatic heterocycles. The van der Waals surface area contributed by atoms with Crippen molar-refractivity contribution in [1.82, 2.24) is 10.3 Å². The van der Waals surface area contributed by atoms with Crippen LogP contribution in [0.15, 0.2) is 40.8 Å². The molecule has 130 valence electrons. The number of benzene rings is 1. The summed E-state index contributed by atoms with van der Waals surface area (Å²) in [4.78, 5) is 16.1. The van der Waals surface area contributed by atoms with Crippen molar-refractivity contribution in [3.8, 4) is 11.3 Å². The topological polar surface area (TPSA) is 81.2 Å². The van der Waals surface area contributed by atoms with E-state index < -0.39 is 23.0 Å². The molecule has 0 saturated carbocycles. The van der Waals surface area contributed by atoms with Crippen LogP contribution < -0.4 is 11.1 Å². The van der Waals surface area contributed by atoms with Crippen LogP contribution >= 0.6 is 0 Å². The maximum atomic E-state index is 13.5. The Balaban J connectivity index is 2.29. The number of halogens is 3. The molecule has 0 fully saturated rings. The number of rotatable bonds is 3. The fourth-order valence-electron chi connectivity index (χ4n) is 2.51. The van der Waals surface area contributed by atoms with Gasteiger partial charge in [-0.25, -0.2) is 4.98 Å². The molecular weight excluding hydrogens is 335 g/mol. The van der Waals surface area contributed by atoms with Gasteiger partial charge in [0.25, 0.3) is 5.91 Å². The van der Waals surface area contributed by atoms with Crippen LogP contribution in [0.4, 0.5) is 18.9 Å². The maximum Gasteiger partial charge on any atom is 0.417 e. The van der Waals surface area contributed by atoms with Crippen molar-refractivity contribution in [3.63, 3.8) is 0 Å². The molecule has 0 spiro atoms. The normalized spacial score (nSPS) is 11.7. The van der Waals surface area contributed by atoms with Crippen molar-refractivity contribution in [2.45, 2.75) is 13.1 Å². The van der Waals surface area contributed by atoms with Crippen LogP contribution in [0.3, 0.4) is 0 Å². The van der Waals surface area contributed by atoms with E-state index in [9.17, 15) is 18.0 Å². The first-order valence-corrected chi connectivity index (χ1v) is 7.46. The molecular formula is C17H14F3N3O2. The predicted molar refractivity (Wildman–Crippen MR) is 86.9 cm³/mol. The van der Waals surface area contributed by atoms with E-state index >= 15 is 0 Å². The third-order valence-electron chi connectivity index (χ3n) is 3.62. The monoisotopic (exact) mass is 349 g/mol. The number of nitrogens with two attached hydrogens (primary N) is 1. The largest absolute Gasteiger partial charge is 0.430 e. The molecule has 1 aromatic carbocycles. The molecule has 0 aliphatic rings. The van der Waals surface area contributed by atoms with E-state index in [2.05, 4.69) is 10.3 Å². The minimum Gasteiger partial charge on any atom is -0.430 e. The van der Waals surface area contributed by atoms with E-state index in [1.54, 1.807) is 37.3 Å². The zero-order valence-electron chi connectivity index (χ0n) is 13.1. The lowest BCUT2D eigenvalue weighted by molar-refractivity contribution is -0.136. The van der Waals surface area contributed by atoms with E-state index in [1.807, 2.05) is 0 Å². The lowest BCUT2D eigenvalue weighted by Crippen LogP contribution is -2.23. The van der Waals surface area contributed by atoms with Gasteiger partial charge in [0.1, 0.15) is 0 Å². The zero-order valence-corrected chi connectivity index (χ0v) is 13.1. The highest BCUT2D eigenvalue weighted by Crippen LogP contribution is 2.41. The van der Waals surface area contributed by atoms with Gasteiger partial charge < -0.3 is 15.5 Å². The summed E-state index contributed by atoms with van der Waals surface area (Å²) >= 11 is 0. The smallest absolute Gasteiger partial charge is 0.417 e. The average Bonchev–Trinajstić information content (AvgIpc) is 2.91. The molecule has 1 amide bonds. The Morgan fingerprint density at radius 2 is 1.96 bits per heavy atom. The standard InChI is InChI=1S/C17H14F3N3O2/c1-2-22-15(24)14-13(21)12-10(17(18,19)20)8-11(23-16(12)25-14)9-6-4-3-5-7-9/h3-8H,2,21H2,1H3,(H,22,24). The first kappa shape index (κ1) is 16.8. The van der Waals surface area contributed by atoms with Crippen molar-refractivity contribution < 1.29 is 22.4 Å². The predicted octanol–water partition coefficient (Wildman–Crippen LogP) is 3.85. The Labute approximate surface area is 140 Å². The van der Waals surface area contributed by atoms with Gasteiger partial charge in [-0.05, 0) is 13.0 Å². The number of hydrogen-bond donors (Lipinski definition) is 2. The molecule has 0 aliphatic carbocycles. The molecule has 0 radical (unpaired) electrons. The van der Waals surface area contributed by atoms with Gasteiger partial charge in [-0.1, -0.05) is 30.3 Å². The van der Waals surface area contributed by atoms with Gasteiger partial charge in [-0.15, -0.1) is 0 Å². The first-order valence-electron chi connectivity index (χ1n) is 7.46. The van der Waals surface area contributed by atoms with Crippen molar-refractivity contribution >= 4 is 22.7 Å². The van der Waals surface area contributed by atoms with Gasteiger partial charge in [0.2, 0.25) is 11.5 Å². The van der Waals surface area contributed by atoms with Gasteiger partial charge in [-0.2, -0.15) is 13.2 Å². The van der Waals surface area contributed by atoms with E-state index in [4.69, 9.17) is 10.2 Å². The third-order valence-corrected chi connectivity index (χ3v) is 3.62. The molecule has 3 rings (SSSR count). The number of aromatic nitrogens is 1. The van der Waals surface area contributed by atoms with Gasteiger partial charge in [0.05, 0.1) is 22.3 Å². The van der Waals surface area contributed by atoms with Crippen LogP contribution in [0.5, 0.6) is 0 Å². The van der Waals surface area contributed by atoms with E-state index in [1.165, 1.54) is 0 Å². The number of anilines is 1. The SMILES string of the molecule is CCNC(=O)c1oc2nc(-c3ccccc3)cc(C(F)(F)F)c2c1N. The van der Waals surface area contributed by atoms with Crippen LogP contribution in [0.2, 0.25) is 0 Å². The van der Waals surface area contributed by atoms with Crippen LogP contribution in [-0.2, 0) is 6.18 Å². The molecule has 0 atom stereocenters. The van der Waals surface area contributed by atoms with Crippen molar-refractivity contribution in [1.29, 1.82) is 0 Å². The molecule has 0 bridgehead atoms. The Morgan fingerprint density at radius 3 is 2.56 bits per heavy atom. The van der Waals surface area contributed by atoms with E-state index in [0.29, 0.717) is 5.56 Å².